The molecule has 2 heterocycles. The molecule has 1 fully saturated rings. The largest absolute Gasteiger partial charge is 0.493 e. The van der Waals surface area contributed by atoms with Gasteiger partial charge in [0.15, 0.2) is 0 Å². The summed E-state index contributed by atoms with van der Waals surface area (Å²) in [4.78, 5) is 26.2. The lowest BCUT2D eigenvalue weighted by Gasteiger charge is -2.18. The molecular weight excluding hydrogens is 378 g/mol. The van der Waals surface area contributed by atoms with Crippen molar-refractivity contribution in [3.05, 3.63) is 41.1 Å². The Bertz CT molecular complexity index is 865. The predicted molar refractivity (Wildman–Crippen MR) is 108 cm³/mol. The molecular formula is C20H25N3O4S. The number of carbonyl (C=O) groups excluding carboxylic acids is 2. The van der Waals surface area contributed by atoms with Gasteiger partial charge in [-0.3, -0.25) is 9.59 Å². The van der Waals surface area contributed by atoms with Crippen molar-refractivity contribution < 1.29 is 19.4 Å². The number of aromatic nitrogens is 1. The van der Waals surface area contributed by atoms with Gasteiger partial charge in [0.25, 0.3) is 0 Å². The van der Waals surface area contributed by atoms with E-state index in [1.54, 1.807) is 17.9 Å². The second-order valence-corrected chi connectivity index (χ2v) is 7.77. The van der Waals surface area contributed by atoms with E-state index in [0.717, 1.165) is 16.8 Å². The van der Waals surface area contributed by atoms with Gasteiger partial charge in [-0.25, -0.2) is 0 Å². The van der Waals surface area contributed by atoms with Gasteiger partial charge in [0.05, 0.1) is 24.9 Å². The Balaban J connectivity index is 1.66. The summed E-state index contributed by atoms with van der Waals surface area (Å²) >= 11 is 1.22. The fourth-order valence-corrected chi connectivity index (χ4v) is 4.03. The lowest BCUT2D eigenvalue weighted by molar-refractivity contribution is -0.131. The van der Waals surface area contributed by atoms with Crippen LogP contribution in [0.3, 0.4) is 0 Å². The van der Waals surface area contributed by atoms with Gasteiger partial charge in [0, 0.05) is 24.4 Å². The number of aliphatic hydroxyl groups is 1. The van der Waals surface area contributed by atoms with Crippen LogP contribution in [0.25, 0.3) is 0 Å². The molecule has 2 atom stereocenters. The third kappa shape index (κ3) is 4.69. The Morgan fingerprint density at radius 2 is 2.25 bits per heavy atom. The topological polar surface area (TPSA) is 91.8 Å². The van der Waals surface area contributed by atoms with Crippen molar-refractivity contribution in [2.45, 2.75) is 39.2 Å². The molecule has 8 heteroatoms. The van der Waals surface area contributed by atoms with Gasteiger partial charge in [-0.15, -0.1) is 0 Å². The molecule has 1 saturated heterocycles. The zero-order valence-electron chi connectivity index (χ0n) is 16.3. The van der Waals surface area contributed by atoms with Crippen LogP contribution in [0.5, 0.6) is 5.75 Å². The highest BCUT2D eigenvalue weighted by molar-refractivity contribution is 7.10. The van der Waals surface area contributed by atoms with Crippen molar-refractivity contribution in [1.82, 2.24) is 9.27 Å². The number of hydrogen-bond donors (Lipinski definition) is 2. The van der Waals surface area contributed by atoms with E-state index < -0.39 is 6.10 Å². The molecule has 0 aliphatic carbocycles. The number of nitrogens with one attached hydrogen (secondary N) is 1. The SMILES string of the molecule is CCOc1cc([C@H]2CC(=O)N(CC(=O)Nc3cc(C)ns3)C2)ccc1C(C)O. The Labute approximate surface area is 168 Å². The van der Waals surface area contributed by atoms with Crippen molar-refractivity contribution in [2.24, 2.45) is 0 Å². The summed E-state index contributed by atoms with van der Waals surface area (Å²) < 4.78 is 9.79. The molecule has 2 aromatic rings. The van der Waals surface area contributed by atoms with Crippen molar-refractivity contribution in [3.63, 3.8) is 0 Å². The summed E-state index contributed by atoms with van der Waals surface area (Å²) in [6.45, 7) is 6.45. The van der Waals surface area contributed by atoms with Crippen LogP contribution in [-0.4, -0.2) is 45.9 Å². The van der Waals surface area contributed by atoms with Crippen molar-refractivity contribution in [2.75, 3.05) is 25.0 Å². The van der Waals surface area contributed by atoms with Crippen LogP contribution in [0.2, 0.25) is 0 Å². The average molecular weight is 404 g/mol. The van der Waals surface area contributed by atoms with E-state index in [1.807, 2.05) is 32.0 Å². The first-order chi connectivity index (χ1) is 13.4. The quantitative estimate of drug-likeness (QED) is 0.742. The molecule has 0 saturated carbocycles. The molecule has 1 aromatic heterocycles. The van der Waals surface area contributed by atoms with E-state index in [0.29, 0.717) is 30.3 Å². The number of aliphatic hydroxyl groups excluding tert-OH is 1. The monoisotopic (exact) mass is 403 g/mol. The average Bonchev–Trinajstić information content (AvgIpc) is 3.20. The highest BCUT2D eigenvalue weighted by atomic mass is 32.1. The van der Waals surface area contributed by atoms with Gasteiger partial charge in [-0.2, -0.15) is 4.37 Å². The van der Waals surface area contributed by atoms with Crippen molar-refractivity contribution in [1.29, 1.82) is 0 Å². The number of carbonyl (C=O) groups is 2. The first-order valence-corrected chi connectivity index (χ1v) is 10.1. The van der Waals surface area contributed by atoms with Crippen LogP contribution in [-0.2, 0) is 9.59 Å². The molecule has 0 radical (unpaired) electrons. The van der Waals surface area contributed by atoms with Crippen LogP contribution < -0.4 is 10.1 Å². The maximum Gasteiger partial charge on any atom is 0.244 e. The summed E-state index contributed by atoms with van der Waals surface area (Å²) in [6.07, 6.45) is -0.275. The fraction of sp³-hybridized carbons (Fsp3) is 0.450. The lowest BCUT2D eigenvalue weighted by Crippen LogP contribution is -2.34. The first kappa shape index (κ1) is 20.3. The van der Waals surface area contributed by atoms with Gasteiger partial charge in [-0.05, 0) is 50.0 Å². The first-order valence-electron chi connectivity index (χ1n) is 9.33. The van der Waals surface area contributed by atoms with Crippen LogP contribution >= 0.6 is 11.5 Å². The van der Waals surface area contributed by atoms with Crippen LogP contribution in [0.15, 0.2) is 24.3 Å². The van der Waals surface area contributed by atoms with Crippen molar-refractivity contribution in [3.8, 4) is 5.75 Å². The van der Waals surface area contributed by atoms with Gasteiger partial charge in [-0.1, -0.05) is 12.1 Å². The molecule has 28 heavy (non-hydrogen) atoms. The Morgan fingerprint density at radius 1 is 1.46 bits per heavy atom. The number of hydrogen-bond acceptors (Lipinski definition) is 6. The molecule has 7 nitrogen and oxygen atoms in total. The summed E-state index contributed by atoms with van der Waals surface area (Å²) in [5, 5.41) is 13.4. The maximum atomic E-state index is 12.4. The fourth-order valence-electron chi connectivity index (χ4n) is 3.35. The highest BCUT2D eigenvalue weighted by Crippen LogP contribution is 2.34. The molecule has 1 aliphatic rings. The molecule has 3 rings (SSSR count). The third-order valence-electron chi connectivity index (χ3n) is 4.70. The number of aryl methyl sites for hydroxylation is 1. The second-order valence-electron chi connectivity index (χ2n) is 6.96. The molecule has 1 aromatic carbocycles. The summed E-state index contributed by atoms with van der Waals surface area (Å²) in [5.41, 5.74) is 2.55. The summed E-state index contributed by atoms with van der Waals surface area (Å²) in [6, 6.07) is 7.46. The van der Waals surface area contributed by atoms with Crippen LogP contribution in [0.4, 0.5) is 5.00 Å². The number of anilines is 1. The standard InChI is InChI=1S/C20H25N3O4S/c1-4-27-17-8-14(5-6-16(17)13(3)24)15-9-20(26)23(10-15)11-18(25)21-19-7-12(2)22-28-19/h5-8,13,15,24H,4,9-11H2,1-3H3,(H,21,25)/t13?,15-/m0/s1. The Kier molecular flexibility index (Phi) is 6.31. The van der Waals surface area contributed by atoms with Crippen LogP contribution in [0, 0.1) is 6.92 Å². The molecule has 1 unspecified atom stereocenters. The number of ether oxygens (including phenoxy) is 1. The number of rotatable bonds is 7. The summed E-state index contributed by atoms with van der Waals surface area (Å²) in [7, 11) is 0. The Morgan fingerprint density at radius 3 is 2.89 bits per heavy atom. The molecule has 0 spiro atoms. The van der Waals surface area contributed by atoms with Crippen LogP contribution in [0.1, 0.15) is 49.1 Å². The zero-order valence-corrected chi connectivity index (χ0v) is 17.1. The van der Waals surface area contributed by atoms with E-state index in [1.165, 1.54) is 11.5 Å². The van der Waals surface area contributed by atoms with E-state index in [9.17, 15) is 14.7 Å². The molecule has 1 aliphatic heterocycles. The minimum atomic E-state index is -0.628. The Hall–Kier alpha value is -2.45. The van der Waals surface area contributed by atoms with Crippen molar-refractivity contribution >= 4 is 28.3 Å². The third-order valence-corrected chi connectivity index (χ3v) is 5.49. The van der Waals surface area contributed by atoms with Gasteiger partial charge in [0.2, 0.25) is 11.8 Å². The van der Waals surface area contributed by atoms with E-state index in [4.69, 9.17) is 4.74 Å². The van der Waals surface area contributed by atoms with E-state index in [2.05, 4.69) is 9.69 Å². The minimum Gasteiger partial charge on any atom is -0.493 e. The van der Waals surface area contributed by atoms with E-state index >= 15 is 0 Å². The lowest BCUT2D eigenvalue weighted by atomic mass is 9.95. The second kappa shape index (κ2) is 8.70. The maximum absolute atomic E-state index is 12.4. The predicted octanol–water partition coefficient (Wildman–Crippen LogP) is 2.86. The van der Waals surface area contributed by atoms with Gasteiger partial charge in [0.1, 0.15) is 10.8 Å². The number of likely N-dealkylation sites (tertiary alicyclic amines) is 1. The smallest absolute Gasteiger partial charge is 0.244 e. The molecule has 0 bridgehead atoms. The summed E-state index contributed by atoms with van der Waals surface area (Å²) in [5.74, 6) is 0.364. The number of amides is 2. The number of benzene rings is 1. The van der Waals surface area contributed by atoms with E-state index in [-0.39, 0.29) is 24.3 Å². The molecule has 2 amide bonds. The van der Waals surface area contributed by atoms with Gasteiger partial charge < -0.3 is 20.1 Å². The molecule has 150 valence electrons. The highest BCUT2D eigenvalue weighted by Gasteiger charge is 2.32. The normalized spacial score (nSPS) is 17.6. The van der Waals surface area contributed by atoms with Gasteiger partial charge >= 0.3 is 0 Å². The number of nitrogens with zero attached hydrogens (tertiary/aromatic N) is 2. The molecule has 2 N–H and O–H groups in total. The zero-order chi connectivity index (χ0) is 20.3. The minimum absolute atomic E-state index is 0.00629.